The average Bonchev–Trinajstić information content (AvgIpc) is 2.81. The van der Waals surface area contributed by atoms with Gasteiger partial charge in [-0.1, -0.05) is 49.4 Å². The molecule has 1 fully saturated rings. The Morgan fingerprint density at radius 1 is 0.935 bits per heavy atom. The van der Waals surface area contributed by atoms with E-state index in [2.05, 4.69) is 60.4 Å². The topological polar surface area (TPSA) is 36.1 Å². The van der Waals surface area contributed by atoms with Gasteiger partial charge in [-0.15, -0.1) is 0 Å². The molecule has 0 heterocycles. The molecule has 0 spiro atoms. The summed E-state index contributed by atoms with van der Waals surface area (Å²) in [4.78, 5) is 4.08. The molecule has 3 aromatic carbocycles. The number of nitriles is 1. The maximum absolute atomic E-state index is 9.08. The number of benzene rings is 3. The Labute approximate surface area is 190 Å². The van der Waals surface area contributed by atoms with Gasteiger partial charge in [0.25, 0.3) is 0 Å². The predicted molar refractivity (Wildman–Crippen MR) is 131 cm³/mol. The Morgan fingerprint density at radius 2 is 1.65 bits per heavy atom. The maximum atomic E-state index is 9.08. The summed E-state index contributed by atoms with van der Waals surface area (Å²) in [5.74, 6) is 1.75. The molecule has 0 bridgehead atoms. The van der Waals surface area contributed by atoms with E-state index < -0.39 is 0 Å². The monoisotopic (exact) mass is 422 g/mol. The second-order valence-electron chi connectivity index (χ2n) is 8.65. The summed E-state index contributed by atoms with van der Waals surface area (Å²) in [6, 6.07) is 25.4. The van der Waals surface area contributed by atoms with Gasteiger partial charge in [-0.25, -0.2) is 0 Å². The molecule has 1 aliphatic carbocycles. The van der Waals surface area contributed by atoms with E-state index in [-0.39, 0.29) is 0 Å². The summed E-state index contributed by atoms with van der Waals surface area (Å²) < 4.78 is 0. The number of isothiocyanates is 1. The fourth-order valence-corrected chi connectivity index (χ4v) is 4.99. The van der Waals surface area contributed by atoms with Gasteiger partial charge in [-0.3, -0.25) is 0 Å². The zero-order valence-corrected chi connectivity index (χ0v) is 18.8. The van der Waals surface area contributed by atoms with Gasteiger partial charge in [0.15, 0.2) is 0 Å². The third-order valence-corrected chi connectivity index (χ3v) is 6.85. The van der Waals surface area contributed by atoms with E-state index in [1.54, 1.807) is 0 Å². The lowest BCUT2D eigenvalue weighted by Crippen LogP contribution is -2.21. The molecule has 0 aromatic heterocycles. The zero-order chi connectivity index (χ0) is 21.8. The molecular weight excluding hydrogens is 396 g/mol. The minimum absolute atomic E-state index is 0.538. The summed E-state index contributed by atoms with van der Waals surface area (Å²) in [5.41, 5.74) is 8.16. The highest BCUT2D eigenvalue weighted by atomic mass is 32.1. The van der Waals surface area contributed by atoms with Gasteiger partial charge in [-0.05, 0) is 108 Å². The lowest BCUT2D eigenvalue weighted by Gasteiger charge is -2.36. The van der Waals surface area contributed by atoms with Crippen molar-refractivity contribution in [1.82, 2.24) is 0 Å². The Kier molecular flexibility index (Phi) is 6.42. The smallest absolute Gasteiger partial charge is 0.0991 e. The molecule has 0 radical (unpaired) electrons. The maximum Gasteiger partial charge on any atom is 0.0991 e. The quantitative estimate of drug-likeness (QED) is 0.316. The van der Waals surface area contributed by atoms with Crippen LogP contribution >= 0.6 is 12.2 Å². The number of hydrogen-bond donors (Lipinski definition) is 0. The highest BCUT2D eigenvalue weighted by Gasteiger charge is 2.30. The SMILES string of the molecule is Cc1ccc(-c2ccc(C#N)cc2)cc1C1CC(c2ccc(N=C=S)cc2)CCC1C. The molecule has 0 amide bonds. The van der Waals surface area contributed by atoms with Crippen molar-refractivity contribution in [2.45, 2.75) is 44.9 Å². The molecule has 1 aliphatic rings. The Balaban J connectivity index is 1.62. The van der Waals surface area contributed by atoms with Crippen LogP contribution in [0.5, 0.6) is 0 Å². The van der Waals surface area contributed by atoms with E-state index in [0.717, 1.165) is 17.7 Å². The lowest BCUT2D eigenvalue weighted by molar-refractivity contribution is 0.298. The Hall–Kier alpha value is -3.05. The van der Waals surface area contributed by atoms with Crippen LogP contribution in [-0.2, 0) is 0 Å². The van der Waals surface area contributed by atoms with Crippen LogP contribution < -0.4 is 0 Å². The van der Waals surface area contributed by atoms with E-state index in [0.29, 0.717) is 23.3 Å². The first kappa shape index (κ1) is 21.2. The minimum atomic E-state index is 0.538. The molecular formula is C28H26N2S. The minimum Gasteiger partial charge on any atom is -0.195 e. The van der Waals surface area contributed by atoms with Gasteiger partial charge in [0, 0.05) is 0 Å². The van der Waals surface area contributed by atoms with Crippen molar-refractivity contribution in [3.05, 3.63) is 89.0 Å². The first-order chi connectivity index (χ1) is 15.1. The van der Waals surface area contributed by atoms with Gasteiger partial charge in [-0.2, -0.15) is 10.3 Å². The van der Waals surface area contributed by atoms with Crippen molar-refractivity contribution >= 4 is 23.1 Å². The van der Waals surface area contributed by atoms with Gasteiger partial charge in [0.2, 0.25) is 0 Å². The average molecular weight is 423 g/mol. The van der Waals surface area contributed by atoms with E-state index >= 15 is 0 Å². The van der Waals surface area contributed by atoms with E-state index in [4.69, 9.17) is 17.5 Å². The van der Waals surface area contributed by atoms with Gasteiger partial charge in [0.1, 0.15) is 0 Å². The number of hydrogen-bond acceptors (Lipinski definition) is 3. The van der Waals surface area contributed by atoms with E-state index in [1.165, 1.54) is 35.1 Å². The molecule has 3 atom stereocenters. The van der Waals surface area contributed by atoms with Crippen LogP contribution in [0.1, 0.15) is 60.3 Å². The number of nitrogens with zero attached hydrogens (tertiary/aromatic N) is 2. The van der Waals surface area contributed by atoms with Gasteiger partial charge >= 0.3 is 0 Å². The largest absolute Gasteiger partial charge is 0.195 e. The van der Waals surface area contributed by atoms with Crippen LogP contribution in [0.15, 0.2) is 71.7 Å². The van der Waals surface area contributed by atoms with Crippen molar-refractivity contribution in [2.75, 3.05) is 0 Å². The molecule has 3 heteroatoms. The third-order valence-electron chi connectivity index (χ3n) is 6.76. The van der Waals surface area contributed by atoms with Crippen molar-refractivity contribution in [1.29, 1.82) is 5.26 Å². The van der Waals surface area contributed by atoms with E-state index in [9.17, 15) is 0 Å². The number of aliphatic imine (C=N–C) groups is 1. The molecule has 1 saturated carbocycles. The fourth-order valence-electron chi connectivity index (χ4n) is 4.89. The molecule has 154 valence electrons. The van der Waals surface area contributed by atoms with Crippen molar-refractivity contribution < 1.29 is 0 Å². The van der Waals surface area contributed by atoms with Crippen molar-refractivity contribution in [3.8, 4) is 17.2 Å². The molecule has 2 nitrogen and oxygen atoms in total. The summed E-state index contributed by atoms with van der Waals surface area (Å²) in [6.07, 6.45) is 3.62. The number of rotatable bonds is 4. The standard InChI is InChI=1S/C28H26N2S/c1-19-3-7-24(22-9-5-21(17-29)6-10-22)15-27(19)28-16-25(8-4-20(28)2)23-11-13-26(14-12-23)30-18-31/h3,5-7,9-15,20,25,28H,4,8,16H2,1-2H3. The molecule has 3 unspecified atom stereocenters. The summed E-state index contributed by atoms with van der Waals surface area (Å²) in [7, 11) is 0. The highest BCUT2D eigenvalue weighted by molar-refractivity contribution is 7.78. The van der Waals surface area contributed by atoms with E-state index in [1.807, 2.05) is 36.4 Å². The van der Waals surface area contributed by atoms with Crippen LogP contribution in [0.25, 0.3) is 11.1 Å². The van der Waals surface area contributed by atoms with Crippen molar-refractivity contribution in [2.24, 2.45) is 10.9 Å². The fraction of sp³-hybridized carbons (Fsp3) is 0.286. The first-order valence-corrected chi connectivity index (χ1v) is 11.3. The van der Waals surface area contributed by atoms with Crippen LogP contribution in [0.2, 0.25) is 0 Å². The predicted octanol–water partition coefficient (Wildman–Crippen LogP) is 7.96. The molecule has 0 saturated heterocycles. The summed E-state index contributed by atoms with van der Waals surface area (Å²) in [5, 5.41) is 11.5. The van der Waals surface area contributed by atoms with Crippen LogP contribution in [0, 0.1) is 24.2 Å². The number of aryl methyl sites for hydroxylation is 1. The first-order valence-electron chi connectivity index (χ1n) is 10.9. The zero-order valence-electron chi connectivity index (χ0n) is 18.0. The lowest BCUT2D eigenvalue weighted by atomic mass is 9.69. The van der Waals surface area contributed by atoms with Gasteiger partial charge < -0.3 is 0 Å². The third kappa shape index (κ3) is 4.67. The number of thiocarbonyl (C=S) groups is 1. The highest BCUT2D eigenvalue weighted by Crippen LogP contribution is 2.46. The summed E-state index contributed by atoms with van der Waals surface area (Å²) >= 11 is 4.71. The Bertz CT molecular complexity index is 1150. The van der Waals surface area contributed by atoms with Crippen LogP contribution in [-0.4, -0.2) is 5.16 Å². The van der Waals surface area contributed by atoms with Crippen LogP contribution in [0.4, 0.5) is 5.69 Å². The van der Waals surface area contributed by atoms with Gasteiger partial charge in [0.05, 0.1) is 22.5 Å². The molecule has 0 N–H and O–H groups in total. The molecule has 4 rings (SSSR count). The summed E-state index contributed by atoms with van der Waals surface area (Å²) in [6.45, 7) is 4.62. The van der Waals surface area contributed by atoms with Crippen molar-refractivity contribution in [3.63, 3.8) is 0 Å². The second kappa shape index (κ2) is 9.40. The molecule has 0 aliphatic heterocycles. The normalized spacial score (nSPS) is 20.5. The van der Waals surface area contributed by atoms with Crippen LogP contribution in [0.3, 0.4) is 0 Å². The second-order valence-corrected chi connectivity index (χ2v) is 8.83. The molecule has 3 aromatic rings. The Morgan fingerprint density at radius 3 is 2.32 bits per heavy atom. The molecule has 31 heavy (non-hydrogen) atoms.